The molecule has 1 rings (SSSR count). The van der Waals surface area contributed by atoms with Crippen LogP contribution in [-0.4, -0.2) is 16.9 Å². The van der Waals surface area contributed by atoms with Crippen LogP contribution in [0.15, 0.2) is 29.4 Å². The van der Waals surface area contributed by atoms with Gasteiger partial charge in [0.25, 0.3) is 5.69 Å². The molecule has 0 fully saturated rings. The molecule has 1 aromatic carbocycles. The summed E-state index contributed by atoms with van der Waals surface area (Å²) in [4.78, 5) is 24.5. The molecule has 20 heavy (non-hydrogen) atoms. The zero-order valence-corrected chi connectivity index (χ0v) is 10.9. The van der Waals surface area contributed by atoms with Crippen molar-refractivity contribution in [2.45, 2.75) is 32.2 Å². The zero-order chi connectivity index (χ0) is 15.8. The molecule has 0 aliphatic rings. The first-order valence-corrected chi connectivity index (χ1v) is 6.01. The molecule has 8 nitrogen and oxygen atoms in total. The lowest BCUT2D eigenvalue weighted by atomic mass is 10.1. The number of ether oxygens (including phenoxy) is 1. The number of unbranched alkanes of at least 4 members (excludes halogenated alkanes) is 1. The molecule has 1 atom stereocenters. The van der Waals surface area contributed by atoms with Crippen LogP contribution < -0.4 is 4.74 Å². The van der Waals surface area contributed by atoms with Crippen LogP contribution in [0.4, 0.5) is 5.69 Å². The average Bonchev–Trinajstić information content (AvgIpc) is 2.45. The van der Waals surface area contributed by atoms with E-state index in [-0.39, 0.29) is 5.75 Å². The SMILES string of the molecule is [2H]c1c(OC(=O)C(CCCC)N=[N+]=[N-])cccc1[N+](=O)[O-]. The second-order valence-electron chi connectivity index (χ2n) is 3.94. The molecule has 0 heterocycles. The van der Waals surface area contributed by atoms with E-state index >= 15 is 0 Å². The minimum atomic E-state index is -1.01. The van der Waals surface area contributed by atoms with Crippen LogP contribution in [0, 0.1) is 10.1 Å². The Morgan fingerprint density at radius 3 is 3.05 bits per heavy atom. The highest BCUT2D eigenvalue weighted by Crippen LogP contribution is 2.20. The van der Waals surface area contributed by atoms with E-state index in [0.29, 0.717) is 12.8 Å². The minimum Gasteiger partial charge on any atom is -0.426 e. The number of carbonyl (C=O) groups is 1. The Labute approximate surface area is 116 Å². The van der Waals surface area contributed by atoms with Crippen molar-refractivity contribution in [1.29, 1.82) is 0 Å². The van der Waals surface area contributed by atoms with Crippen LogP contribution in [-0.2, 0) is 4.79 Å². The molecular weight excluding hydrogens is 264 g/mol. The maximum atomic E-state index is 11.9. The first-order chi connectivity index (χ1) is 10.0. The Balaban J connectivity index is 2.93. The largest absolute Gasteiger partial charge is 0.426 e. The van der Waals surface area contributed by atoms with Gasteiger partial charge in [0.2, 0.25) is 0 Å². The van der Waals surface area contributed by atoms with Gasteiger partial charge in [-0.2, -0.15) is 0 Å². The quantitative estimate of drug-likeness (QED) is 0.144. The number of benzene rings is 1. The predicted molar refractivity (Wildman–Crippen MR) is 71.2 cm³/mol. The number of azide groups is 1. The van der Waals surface area contributed by atoms with Crippen LogP contribution >= 0.6 is 0 Å². The van der Waals surface area contributed by atoms with Gasteiger partial charge in [-0.15, -0.1) is 0 Å². The maximum absolute atomic E-state index is 11.9. The fraction of sp³-hybridized carbons (Fsp3) is 0.417. The van der Waals surface area contributed by atoms with Crippen molar-refractivity contribution in [2.24, 2.45) is 5.11 Å². The summed E-state index contributed by atoms with van der Waals surface area (Å²) >= 11 is 0. The normalized spacial score (nSPS) is 11.9. The molecule has 0 aromatic heterocycles. The lowest BCUT2D eigenvalue weighted by molar-refractivity contribution is -0.384. The number of nitro groups is 1. The molecule has 0 saturated heterocycles. The summed E-state index contributed by atoms with van der Waals surface area (Å²) in [7, 11) is 0. The highest BCUT2D eigenvalue weighted by Gasteiger charge is 2.19. The number of nitrogens with zero attached hydrogens (tertiary/aromatic N) is 4. The molecule has 8 heteroatoms. The number of hydrogen-bond donors (Lipinski definition) is 0. The van der Waals surface area contributed by atoms with Gasteiger partial charge in [0.1, 0.15) is 11.8 Å². The van der Waals surface area contributed by atoms with Gasteiger partial charge in [0, 0.05) is 11.0 Å². The molecule has 0 aliphatic carbocycles. The Morgan fingerprint density at radius 1 is 1.70 bits per heavy atom. The second kappa shape index (κ2) is 7.75. The van der Waals surface area contributed by atoms with Crippen LogP contribution in [0.5, 0.6) is 5.75 Å². The summed E-state index contributed by atoms with van der Waals surface area (Å²) < 4.78 is 12.6. The number of hydrogen-bond acceptors (Lipinski definition) is 5. The van der Waals surface area contributed by atoms with Gasteiger partial charge >= 0.3 is 5.97 Å². The Hall–Kier alpha value is -2.60. The summed E-state index contributed by atoms with van der Waals surface area (Å²) in [6.45, 7) is 1.92. The number of carbonyl (C=O) groups excluding carboxylic acids is 1. The van der Waals surface area contributed by atoms with Gasteiger partial charge in [0.15, 0.2) is 0 Å². The van der Waals surface area contributed by atoms with Crippen LogP contribution in [0.1, 0.15) is 27.6 Å². The highest BCUT2D eigenvalue weighted by atomic mass is 16.6. The Bertz CT molecular complexity index is 587. The van der Waals surface area contributed by atoms with Gasteiger partial charge in [-0.3, -0.25) is 14.9 Å². The lowest BCUT2D eigenvalue weighted by Crippen LogP contribution is -2.23. The standard InChI is InChI=1S/C12H14N4O4/c1-2-3-7-11(14-15-13)12(17)20-10-6-4-5-9(8-10)16(18)19/h4-6,8,11H,2-3,7H2,1H3/i8D. The fourth-order valence-electron chi connectivity index (χ4n) is 1.46. The summed E-state index contributed by atoms with van der Waals surface area (Å²) in [5, 5.41) is 14.1. The van der Waals surface area contributed by atoms with Crippen molar-refractivity contribution in [3.05, 3.63) is 44.8 Å². The first-order valence-electron chi connectivity index (χ1n) is 6.51. The smallest absolute Gasteiger partial charge is 0.320 e. The van der Waals surface area contributed by atoms with Crippen LogP contribution in [0.3, 0.4) is 0 Å². The van der Waals surface area contributed by atoms with Gasteiger partial charge in [-0.1, -0.05) is 30.9 Å². The van der Waals surface area contributed by atoms with E-state index in [9.17, 15) is 14.9 Å². The third-order valence-corrected chi connectivity index (χ3v) is 2.45. The van der Waals surface area contributed by atoms with Crippen molar-refractivity contribution < 1.29 is 15.8 Å². The number of esters is 1. The van der Waals surface area contributed by atoms with Gasteiger partial charge in [-0.25, -0.2) is 0 Å². The van der Waals surface area contributed by atoms with E-state index in [4.69, 9.17) is 11.6 Å². The van der Waals surface area contributed by atoms with E-state index in [1.165, 1.54) is 12.1 Å². The van der Waals surface area contributed by atoms with Crippen molar-refractivity contribution >= 4 is 11.7 Å². The average molecular weight is 279 g/mol. The molecule has 1 aromatic rings. The molecule has 106 valence electrons. The van der Waals surface area contributed by atoms with E-state index in [2.05, 4.69) is 10.0 Å². The van der Waals surface area contributed by atoms with Crippen molar-refractivity contribution in [3.63, 3.8) is 0 Å². The molecule has 1 unspecified atom stereocenters. The zero-order valence-electron chi connectivity index (χ0n) is 11.9. The topological polar surface area (TPSA) is 118 Å². The fourth-order valence-corrected chi connectivity index (χ4v) is 1.46. The van der Waals surface area contributed by atoms with Crippen LogP contribution in [0.25, 0.3) is 10.4 Å². The van der Waals surface area contributed by atoms with E-state index in [0.717, 1.165) is 12.5 Å². The van der Waals surface area contributed by atoms with E-state index in [1.807, 2.05) is 6.92 Å². The number of rotatable bonds is 7. The molecule has 0 spiro atoms. The number of nitro benzene ring substituents is 1. The highest BCUT2D eigenvalue weighted by molar-refractivity contribution is 5.78. The summed E-state index contributed by atoms with van der Waals surface area (Å²) in [5.74, 6) is -1.06. The minimum absolute atomic E-state index is 0.233. The van der Waals surface area contributed by atoms with Gasteiger partial charge in [-0.05, 0) is 18.0 Å². The second-order valence-corrected chi connectivity index (χ2v) is 3.94. The van der Waals surface area contributed by atoms with Crippen molar-refractivity contribution in [3.8, 4) is 5.75 Å². The van der Waals surface area contributed by atoms with Gasteiger partial charge in [0.05, 0.1) is 12.3 Å². The van der Waals surface area contributed by atoms with Crippen molar-refractivity contribution in [2.75, 3.05) is 0 Å². The molecule has 0 amide bonds. The monoisotopic (exact) mass is 279 g/mol. The molecule has 0 aliphatic heterocycles. The Kier molecular flexibility index (Phi) is 5.36. The molecule has 0 bridgehead atoms. The Morgan fingerprint density at radius 2 is 2.45 bits per heavy atom. The molecular formula is C12H14N4O4. The summed E-state index contributed by atoms with van der Waals surface area (Å²) in [6.07, 6.45) is 1.80. The molecule has 0 N–H and O–H groups in total. The van der Waals surface area contributed by atoms with Crippen LogP contribution in [0.2, 0.25) is 0 Å². The van der Waals surface area contributed by atoms with E-state index < -0.39 is 28.7 Å². The van der Waals surface area contributed by atoms with Gasteiger partial charge < -0.3 is 4.74 Å². The summed E-state index contributed by atoms with van der Waals surface area (Å²) in [6, 6.07) is 2.23. The van der Waals surface area contributed by atoms with Crippen molar-refractivity contribution in [1.82, 2.24) is 0 Å². The maximum Gasteiger partial charge on any atom is 0.320 e. The summed E-state index contributed by atoms with van der Waals surface area (Å²) in [5.41, 5.74) is 7.98. The lowest BCUT2D eigenvalue weighted by Gasteiger charge is -2.10. The first kappa shape index (κ1) is 13.8. The van der Waals surface area contributed by atoms with E-state index in [1.54, 1.807) is 0 Å². The molecule has 0 radical (unpaired) electrons. The molecule has 0 saturated carbocycles. The third kappa shape index (κ3) is 4.58. The third-order valence-electron chi connectivity index (χ3n) is 2.45. The predicted octanol–water partition coefficient (Wildman–Crippen LogP) is 3.37.